The third-order valence-corrected chi connectivity index (χ3v) is 8.86. The molecule has 0 radical (unpaired) electrons. The number of allylic oxidation sites excluding steroid dienone is 7. The van der Waals surface area contributed by atoms with Gasteiger partial charge in [-0.2, -0.15) is 0 Å². The lowest BCUT2D eigenvalue weighted by Gasteiger charge is -2.23. The molecule has 0 spiro atoms. The van der Waals surface area contributed by atoms with Crippen molar-refractivity contribution in [1.29, 1.82) is 0 Å². The number of carbonyl (C=O) groups excluding carboxylic acids is 1. The number of carbonyl (C=O) groups is 1. The normalized spacial score (nSPS) is 14.9. The zero-order valence-electron chi connectivity index (χ0n) is 30.0. The molecule has 3 atom stereocenters. The summed E-state index contributed by atoms with van der Waals surface area (Å²) in [6, 6.07) is -0.877. The first-order valence-electron chi connectivity index (χ1n) is 18.8. The predicted molar refractivity (Wildman–Crippen MR) is 198 cm³/mol. The van der Waals surface area contributed by atoms with E-state index in [1.54, 1.807) is 6.08 Å². The van der Waals surface area contributed by atoms with Crippen molar-refractivity contribution >= 4 is 13.7 Å². The maximum atomic E-state index is 12.7. The highest BCUT2D eigenvalue weighted by Gasteiger charge is 2.26. The van der Waals surface area contributed by atoms with Crippen molar-refractivity contribution in [1.82, 2.24) is 5.32 Å². The lowest BCUT2D eigenvalue weighted by atomic mass is 10.1. The molecule has 3 unspecified atom stereocenters. The Kier molecular flexibility index (Phi) is 33.2. The van der Waals surface area contributed by atoms with E-state index in [0.717, 1.165) is 44.9 Å². The van der Waals surface area contributed by atoms with E-state index in [1.807, 2.05) is 6.08 Å². The van der Waals surface area contributed by atoms with E-state index in [1.165, 1.54) is 89.9 Å². The van der Waals surface area contributed by atoms with Gasteiger partial charge in [0, 0.05) is 13.0 Å². The van der Waals surface area contributed by atoms with E-state index in [2.05, 4.69) is 55.6 Å². The largest absolute Gasteiger partial charge is 0.472 e. The van der Waals surface area contributed by atoms with Gasteiger partial charge in [-0.3, -0.25) is 13.8 Å². The van der Waals surface area contributed by atoms with Crippen LogP contribution in [0.5, 0.6) is 0 Å². The topological polar surface area (TPSA) is 131 Å². The molecule has 0 aliphatic heterocycles. The third-order valence-electron chi connectivity index (χ3n) is 7.88. The van der Waals surface area contributed by atoms with Crippen molar-refractivity contribution < 1.29 is 28.4 Å². The highest BCUT2D eigenvalue weighted by Crippen LogP contribution is 2.43. The maximum absolute atomic E-state index is 12.7. The Morgan fingerprint density at radius 3 is 1.77 bits per heavy atom. The summed E-state index contributed by atoms with van der Waals surface area (Å²) < 4.78 is 21.9. The minimum absolute atomic E-state index is 0.0715. The summed E-state index contributed by atoms with van der Waals surface area (Å²) in [6.45, 7) is 4.01. The molecule has 5 N–H and O–H groups in total. The van der Waals surface area contributed by atoms with Crippen molar-refractivity contribution in [2.24, 2.45) is 5.73 Å². The molecule has 0 aliphatic carbocycles. The summed E-state index contributed by atoms with van der Waals surface area (Å²) in [5.41, 5.74) is 5.34. The molecule has 0 aliphatic rings. The molecule has 47 heavy (non-hydrogen) atoms. The summed E-state index contributed by atoms with van der Waals surface area (Å²) in [4.78, 5) is 22.5. The van der Waals surface area contributed by atoms with Crippen LogP contribution in [0.25, 0.3) is 0 Å². The van der Waals surface area contributed by atoms with Gasteiger partial charge in [-0.15, -0.1) is 0 Å². The van der Waals surface area contributed by atoms with Gasteiger partial charge in [-0.05, 0) is 64.2 Å². The van der Waals surface area contributed by atoms with Gasteiger partial charge in [0.15, 0.2) is 0 Å². The van der Waals surface area contributed by atoms with Crippen LogP contribution < -0.4 is 11.1 Å². The third kappa shape index (κ3) is 32.8. The molecular weight excluding hydrogens is 611 g/mol. The number of amides is 1. The highest BCUT2D eigenvalue weighted by molar-refractivity contribution is 7.47. The number of unbranched alkanes of at least 4 members (excludes halogenated alkanes) is 16. The zero-order valence-corrected chi connectivity index (χ0v) is 30.9. The average Bonchev–Trinajstić information content (AvgIpc) is 3.05. The van der Waals surface area contributed by atoms with Gasteiger partial charge in [0.2, 0.25) is 5.91 Å². The smallest absolute Gasteiger partial charge is 0.387 e. The van der Waals surface area contributed by atoms with Gasteiger partial charge >= 0.3 is 7.82 Å². The van der Waals surface area contributed by atoms with E-state index in [-0.39, 0.29) is 25.7 Å². The summed E-state index contributed by atoms with van der Waals surface area (Å²) >= 11 is 0. The Bertz CT molecular complexity index is 876. The summed E-state index contributed by atoms with van der Waals surface area (Å²) in [7, 11) is -4.34. The number of rotatable bonds is 34. The van der Waals surface area contributed by atoms with Gasteiger partial charge in [-0.25, -0.2) is 4.57 Å². The van der Waals surface area contributed by atoms with Crippen molar-refractivity contribution in [3.05, 3.63) is 48.6 Å². The SMILES string of the molecule is CCCCC/C=C\C/C=C\CCCCCCCCCCCC(=O)NC(COP(=O)(O)OCCN)C(O)/C=C/CC/C=C/CCCCC. The van der Waals surface area contributed by atoms with E-state index >= 15 is 0 Å². The molecule has 0 aromatic rings. The Morgan fingerprint density at radius 1 is 0.702 bits per heavy atom. The second-order valence-corrected chi connectivity index (χ2v) is 13.9. The van der Waals surface area contributed by atoms with Crippen molar-refractivity contribution in [2.75, 3.05) is 19.8 Å². The van der Waals surface area contributed by atoms with Crippen LogP contribution in [0.3, 0.4) is 0 Å². The molecule has 0 aromatic carbocycles. The van der Waals surface area contributed by atoms with E-state index < -0.39 is 20.0 Å². The molecule has 0 fully saturated rings. The van der Waals surface area contributed by atoms with Gasteiger partial charge in [0.05, 0.1) is 25.4 Å². The highest BCUT2D eigenvalue weighted by atomic mass is 31.2. The van der Waals surface area contributed by atoms with Crippen LogP contribution in [0.4, 0.5) is 0 Å². The van der Waals surface area contributed by atoms with E-state index in [0.29, 0.717) is 6.42 Å². The van der Waals surface area contributed by atoms with Crippen molar-refractivity contribution in [2.45, 2.75) is 167 Å². The molecule has 0 saturated heterocycles. The van der Waals surface area contributed by atoms with Gasteiger partial charge in [0.25, 0.3) is 0 Å². The van der Waals surface area contributed by atoms with Gasteiger partial charge in [-0.1, -0.05) is 133 Å². The molecule has 1 amide bonds. The molecule has 274 valence electrons. The van der Waals surface area contributed by atoms with Crippen LogP contribution in [0.2, 0.25) is 0 Å². The fourth-order valence-electron chi connectivity index (χ4n) is 5.00. The van der Waals surface area contributed by atoms with Crippen LogP contribution in [-0.4, -0.2) is 47.8 Å². The molecule has 0 rings (SSSR count). The minimum Gasteiger partial charge on any atom is -0.387 e. The first-order chi connectivity index (χ1) is 22.9. The van der Waals surface area contributed by atoms with Gasteiger partial charge < -0.3 is 21.1 Å². The van der Waals surface area contributed by atoms with Crippen LogP contribution in [0, 0.1) is 0 Å². The van der Waals surface area contributed by atoms with Crippen molar-refractivity contribution in [3.8, 4) is 0 Å². The van der Waals surface area contributed by atoms with Crippen LogP contribution in [-0.2, 0) is 18.4 Å². The lowest BCUT2D eigenvalue weighted by Crippen LogP contribution is -2.45. The predicted octanol–water partition coefficient (Wildman–Crippen LogP) is 9.77. The minimum atomic E-state index is -4.34. The van der Waals surface area contributed by atoms with E-state index in [9.17, 15) is 19.4 Å². The van der Waals surface area contributed by atoms with Gasteiger partial charge in [0.1, 0.15) is 0 Å². The number of phosphoric acid groups is 1. The fraction of sp³-hybridized carbons (Fsp3) is 0.763. The Morgan fingerprint density at radius 2 is 1.19 bits per heavy atom. The Labute approximate surface area is 288 Å². The maximum Gasteiger partial charge on any atom is 0.472 e. The Hall–Kier alpha value is -1.54. The number of nitrogens with two attached hydrogens (primary N) is 1. The summed E-state index contributed by atoms with van der Waals surface area (Å²) in [5.74, 6) is -0.214. The van der Waals surface area contributed by atoms with Crippen LogP contribution in [0.15, 0.2) is 48.6 Å². The molecule has 8 nitrogen and oxygen atoms in total. The number of aliphatic hydroxyl groups is 1. The average molecular weight is 683 g/mol. The molecule has 0 heterocycles. The number of hydrogen-bond acceptors (Lipinski definition) is 6. The number of aliphatic hydroxyl groups excluding tert-OH is 1. The van der Waals surface area contributed by atoms with Crippen LogP contribution >= 0.6 is 7.82 Å². The number of phosphoric ester groups is 1. The molecule has 0 aromatic heterocycles. The molecule has 0 bridgehead atoms. The number of nitrogens with one attached hydrogen (secondary N) is 1. The Balaban J connectivity index is 4.23. The monoisotopic (exact) mass is 683 g/mol. The summed E-state index contributed by atoms with van der Waals surface area (Å²) in [6.07, 6.45) is 40.2. The first kappa shape index (κ1) is 45.5. The first-order valence-corrected chi connectivity index (χ1v) is 20.3. The molecular formula is C38H71N2O6P. The fourth-order valence-corrected chi connectivity index (χ4v) is 5.76. The molecule has 0 saturated carbocycles. The zero-order chi connectivity index (χ0) is 34.7. The van der Waals surface area contributed by atoms with E-state index in [4.69, 9.17) is 14.8 Å². The quantitative estimate of drug-likeness (QED) is 0.0302. The standard InChI is InChI=1S/C38H71N2O6P/c1-3-5-7-9-11-13-14-15-16-17-18-19-20-21-22-24-26-28-30-32-38(42)40-36(35-46-47(43,44)45-34-33-39)37(41)31-29-27-25-23-12-10-8-6-4-2/h11-13,15-16,23,29,31,36-37,41H,3-10,14,17-22,24-28,30,32-35,39H2,1-2H3,(H,40,42)(H,43,44)/b13-11-,16-15-,23-12+,31-29+. The second-order valence-electron chi connectivity index (χ2n) is 12.4. The van der Waals surface area contributed by atoms with Crippen molar-refractivity contribution in [3.63, 3.8) is 0 Å². The number of hydrogen-bond donors (Lipinski definition) is 4. The second kappa shape index (κ2) is 34.3. The van der Waals surface area contributed by atoms with Crippen LogP contribution in [0.1, 0.15) is 155 Å². The summed E-state index contributed by atoms with van der Waals surface area (Å²) in [5, 5.41) is 13.5. The lowest BCUT2D eigenvalue weighted by molar-refractivity contribution is -0.123. The molecule has 9 heteroatoms.